The lowest BCUT2D eigenvalue weighted by molar-refractivity contribution is 0.341. The van der Waals surface area contributed by atoms with E-state index < -0.39 is 0 Å². The molecule has 2 N–H and O–H groups in total. The van der Waals surface area contributed by atoms with E-state index in [1.54, 1.807) is 24.3 Å². The molecule has 0 aliphatic carbocycles. The van der Waals surface area contributed by atoms with Gasteiger partial charge in [-0.05, 0) is 43.3 Å². The molecule has 0 unspecified atom stereocenters. The maximum atomic E-state index is 9.63. The smallest absolute Gasteiger partial charge is 0.142 e. The largest absolute Gasteiger partial charge is 0.493 e. The Kier molecular flexibility index (Phi) is 5.91. The lowest BCUT2D eigenvalue weighted by atomic mass is 9.97. The van der Waals surface area contributed by atoms with Crippen molar-refractivity contribution in [2.75, 3.05) is 12.3 Å². The summed E-state index contributed by atoms with van der Waals surface area (Å²) in [6, 6.07) is 14.8. The summed E-state index contributed by atoms with van der Waals surface area (Å²) in [6.07, 6.45) is 0. The average molecular weight is 463 g/mol. The van der Waals surface area contributed by atoms with Gasteiger partial charge in [0.2, 0.25) is 0 Å². The third-order valence-corrected chi connectivity index (χ3v) is 5.14. The molecule has 0 aliphatic rings. The van der Waals surface area contributed by atoms with Gasteiger partial charge in [-0.2, -0.15) is 5.26 Å². The van der Waals surface area contributed by atoms with E-state index in [1.807, 2.05) is 25.1 Å². The molecule has 0 saturated carbocycles. The highest BCUT2D eigenvalue weighted by atomic mass is 79.9. The highest BCUT2D eigenvalue weighted by Crippen LogP contribution is 2.38. The monoisotopic (exact) mass is 461 g/mol. The minimum Gasteiger partial charge on any atom is -0.493 e. The number of halogens is 3. The zero-order chi connectivity index (χ0) is 19.6. The molecule has 27 heavy (non-hydrogen) atoms. The Hall–Kier alpha value is -2.26. The predicted molar refractivity (Wildman–Crippen MR) is 113 cm³/mol. The average Bonchev–Trinajstić information content (AvgIpc) is 2.65. The maximum Gasteiger partial charge on any atom is 0.142 e. The van der Waals surface area contributed by atoms with Crippen LogP contribution in [0.2, 0.25) is 10.0 Å². The Bertz CT molecular complexity index is 1060. The summed E-state index contributed by atoms with van der Waals surface area (Å²) >= 11 is 15.6. The number of rotatable bonds is 4. The van der Waals surface area contributed by atoms with Crippen LogP contribution in [0, 0.1) is 11.3 Å². The number of hydrogen-bond donors (Lipinski definition) is 1. The molecule has 136 valence electrons. The Morgan fingerprint density at radius 3 is 2.56 bits per heavy atom. The fourth-order valence-electron chi connectivity index (χ4n) is 2.69. The van der Waals surface area contributed by atoms with Crippen LogP contribution in [0.4, 0.5) is 5.82 Å². The molecule has 1 heterocycles. The number of nitrogens with two attached hydrogens (primary N) is 1. The van der Waals surface area contributed by atoms with Crippen LogP contribution in [0.15, 0.2) is 46.9 Å². The summed E-state index contributed by atoms with van der Waals surface area (Å²) < 4.78 is 6.59. The van der Waals surface area contributed by atoms with E-state index in [1.165, 1.54) is 0 Å². The van der Waals surface area contributed by atoms with Gasteiger partial charge in [-0.25, -0.2) is 4.98 Å². The van der Waals surface area contributed by atoms with Crippen LogP contribution in [0.1, 0.15) is 12.5 Å². The first-order valence-corrected chi connectivity index (χ1v) is 9.58. The second kappa shape index (κ2) is 8.18. The van der Waals surface area contributed by atoms with Crippen LogP contribution in [0.25, 0.3) is 22.4 Å². The number of aromatic nitrogens is 1. The van der Waals surface area contributed by atoms with E-state index in [0.717, 1.165) is 15.6 Å². The molecule has 2 aromatic carbocycles. The minimum atomic E-state index is 0.137. The SMILES string of the molecule is CCOc1ccc(Br)cc1-c1cc(-c2ccc(Cl)c(Cl)c2)nc(N)c1C#N. The van der Waals surface area contributed by atoms with Crippen molar-refractivity contribution in [2.24, 2.45) is 0 Å². The second-order valence-corrected chi connectivity index (χ2v) is 7.36. The molecule has 7 heteroatoms. The van der Waals surface area contributed by atoms with Gasteiger partial charge < -0.3 is 10.5 Å². The number of nitriles is 1. The van der Waals surface area contributed by atoms with E-state index in [2.05, 4.69) is 27.0 Å². The number of pyridine rings is 1. The molecular formula is C20H14BrCl2N3O. The van der Waals surface area contributed by atoms with E-state index in [0.29, 0.717) is 33.7 Å². The van der Waals surface area contributed by atoms with Crippen LogP contribution in [-0.4, -0.2) is 11.6 Å². The summed E-state index contributed by atoms with van der Waals surface area (Å²) in [6.45, 7) is 2.40. The summed E-state index contributed by atoms with van der Waals surface area (Å²) in [7, 11) is 0. The van der Waals surface area contributed by atoms with Crippen LogP contribution in [0.3, 0.4) is 0 Å². The predicted octanol–water partition coefficient (Wildman–Crippen LogP) is 6.34. The summed E-state index contributed by atoms with van der Waals surface area (Å²) in [5, 5.41) is 10.5. The highest BCUT2D eigenvalue weighted by Gasteiger charge is 2.17. The molecule has 4 nitrogen and oxygen atoms in total. The normalized spacial score (nSPS) is 10.5. The Morgan fingerprint density at radius 2 is 1.89 bits per heavy atom. The van der Waals surface area contributed by atoms with Gasteiger partial charge in [-0.3, -0.25) is 0 Å². The van der Waals surface area contributed by atoms with Crippen molar-refractivity contribution < 1.29 is 4.74 Å². The number of ether oxygens (including phenoxy) is 1. The summed E-state index contributed by atoms with van der Waals surface area (Å²) in [4.78, 5) is 4.37. The van der Waals surface area contributed by atoms with Crippen LogP contribution in [-0.2, 0) is 0 Å². The van der Waals surface area contributed by atoms with Crippen molar-refractivity contribution in [3.63, 3.8) is 0 Å². The maximum absolute atomic E-state index is 9.63. The number of nitrogen functional groups attached to an aromatic ring is 1. The van der Waals surface area contributed by atoms with Crippen molar-refractivity contribution in [3.05, 3.63) is 62.5 Å². The summed E-state index contributed by atoms with van der Waals surface area (Å²) in [5.41, 5.74) is 9.10. The number of hydrogen-bond acceptors (Lipinski definition) is 4. The molecule has 0 atom stereocenters. The van der Waals surface area contributed by atoms with Gasteiger partial charge in [0.05, 0.1) is 22.3 Å². The molecular weight excluding hydrogens is 449 g/mol. The molecule has 0 spiro atoms. The van der Waals surface area contributed by atoms with Crippen molar-refractivity contribution in [3.8, 4) is 34.2 Å². The van der Waals surface area contributed by atoms with Crippen molar-refractivity contribution in [2.45, 2.75) is 6.92 Å². The van der Waals surface area contributed by atoms with Gasteiger partial charge >= 0.3 is 0 Å². The van der Waals surface area contributed by atoms with Gasteiger partial charge in [0.1, 0.15) is 23.2 Å². The van der Waals surface area contributed by atoms with E-state index in [-0.39, 0.29) is 11.4 Å². The molecule has 0 aliphatic heterocycles. The first-order chi connectivity index (χ1) is 12.9. The molecule has 0 bridgehead atoms. The van der Waals surface area contributed by atoms with Gasteiger partial charge in [0.15, 0.2) is 0 Å². The molecule has 0 radical (unpaired) electrons. The lowest BCUT2D eigenvalue weighted by Crippen LogP contribution is -2.01. The van der Waals surface area contributed by atoms with Gasteiger partial charge in [-0.15, -0.1) is 0 Å². The zero-order valence-corrected chi connectivity index (χ0v) is 17.4. The van der Waals surface area contributed by atoms with Gasteiger partial charge in [0.25, 0.3) is 0 Å². The van der Waals surface area contributed by atoms with Crippen molar-refractivity contribution in [1.29, 1.82) is 5.26 Å². The molecule has 0 fully saturated rings. The Labute approximate surface area is 175 Å². The molecule has 1 aromatic heterocycles. The standard InChI is InChI=1S/C20H14BrCl2N3O/c1-2-27-19-6-4-12(21)8-14(19)13-9-18(26-20(25)15(13)10-24)11-3-5-16(22)17(23)7-11/h3-9H,2H2,1H3,(H2,25,26). The lowest BCUT2D eigenvalue weighted by Gasteiger charge is -2.15. The zero-order valence-electron chi connectivity index (χ0n) is 14.3. The molecule has 3 aromatic rings. The quantitative estimate of drug-likeness (QED) is 0.491. The number of anilines is 1. The summed E-state index contributed by atoms with van der Waals surface area (Å²) in [5.74, 6) is 0.793. The molecule has 0 saturated heterocycles. The third-order valence-electron chi connectivity index (χ3n) is 3.91. The topological polar surface area (TPSA) is 71.9 Å². The van der Waals surface area contributed by atoms with E-state index in [9.17, 15) is 5.26 Å². The van der Waals surface area contributed by atoms with Gasteiger partial charge in [0, 0.05) is 21.2 Å². The fraction of sp³-hybridized carbons (Fsp3) is 0.100. The molecule has 3 rings (SSSR count). The third kappa shape index (κ3) is 4.03. The minimum absolute atomic E-state index is 0.137. The Balaban J connectivity index is 2.27. The van der Waals surface area contributed by atoms with Crippen molar-refractivity contribution >= 4 is 44.9 Å². The van der Waals surface area contributed by atoms with Crippen LogP contribution in [0.5, 0.6) is 5.75 Å². The number of nitrogens with zero attached hydrogens (tertiary/aromatic N) is 2. The van der Waals surface area contributed by atoms with Crippen LogP contribution < -0.4 is 10.5 Å². The van der Waals surface area contributed by atoms with E-state index in [4.69, 9.17) is 33.7 Å². The van der Waals surface area contributed by atoms with Crippen molar-refractivity contribution in [1.82, 2.24) is 4.98 Å². The number of benzene rings is 2. The molecule has 0 amide bonds. The first kappa shape index (κ1) is 19.5. The highest BCUT2D eigenvalue weighted by molar-refractivity contribution is 9.10. The van der Waals surface area contributed by atoms with E-state index >= 15 is 0 Å². The van der Waals surface area contributed by atoms with Crippen LogP contribution >= 0.6 is 39.1 Å². The van der Waals surface area contributed by atoms with Gasteiger partial charge in [-0.1, -0.05) is 45.2 Å². The second-order valence-electron chi connectivity index (χ2n) is 5.63. The Morgan fingerprint density at radius 1 is 1.11 bits per heavy atom. The fourth-order valence-corrected chi connectivity index (χ4v) is 3.35. The first-order valence-electron chi connectivity index (χ1n) is 8.03.